The van der Waals surface area contributed by atoms with Gasteiger partial charge in [0, 0.05) is 27.5 Å². The van der Waals surface area contributed by atoms with Crippen LogP contribution in [0.4, 0.5) is 0 Å². The molecule has 2 rings (SSSR count). The van der Waals surface area contributed by atoms with E-state index in [1.807, 2.05) is 0 Å². The van der Waals surface area contributed by atoms with Crippen LogP contribution >= 0.6 is 0 Å². The van der Waals surface area contributed by atoms with Crippen LogP contribution in [0.1, 0.15) is 26.7 Å². The van der Waals surface area contributed by atoms with Gasteiger partial charge in [-0.25, -0.2) is 0 Å². The van der Waals surface area contributed by atoms with Crippen molar-refractivity contribution in [2.45, 2.75) is 44.5 Å². The molecule has 1 saturated carbocycles. The average Bonchev–Trinajstić information content (AvgIpc) is 2.22. The van der Waals surface area contributed by atoms with E-state index >= 15 is 0 Å². The number of hydrogen-bond donors (Lipinski definition) is 1. The molecule has 0 radical (unpaired) electrons. The van der Waals surface area contributed by atoms with Crippen LogP contribution in [0.2, 0.25) is 0 Å². The fraction of sp³-hybridized carbons (Fsp3) is 0.900. The van der Waals surface area contributed by atoms with Gasteiger partial charge in [-0.05, 0) is 24.4 Å². The SMILES string of the molecule is [CH2-]C1OC2CC1(O)CC(C)C2C.[W]. The maximum Gasteiger partial charge on any atom is 0.0655 e. The van der Waals surface area contributed by atoms with Crippen LogP contribution in [-0.4, -0.2) is 22.9 Å². The second-order valence-electron chi connectivity index (χ2n) is 4.51. The van der Waals surface area contributed by atoms with Gasteiger partial charge in [0.2, 0.25) is 0 Å². The van der Waals surface area contributed by atoms with Crippen LogP contribution < -0.4 is 0 Å². The minimum atomic E-state index is -0.628. The van der Waals surface area contributed by atoms with E-state index in [4.69, 9.17) is 4.74 Å². The van der Waals surface area contributed by atoms with Crippen LogP contribution in [-0.2, 0) is 25.8 Å². The predicted molar refractivity (Wildman–Crippen MR) is 46.5 cm³/mol. The summed E-state index contributed by atoms with van der Waals surface area (Å²) in [6.45, 7) is 8.23. The molecule has 2 fully saturated rings. The zero-order chi connectivity index (χ0) is 8.93. The maximum absolute atomic E-state index is 10.1. The number of hydrogen-bond acceptors (Lipinski definition) is 2. The Labute approximate surface area is 94.3 Å². The molecule has 3 heteroatoms. The first-order chi connectivity index (χ1) is 5.53. The Morgan fingerprint density at radius 3 is 2.62 bits per heavy atom. The number of ether oxygens (including phenoxy) is 1. The van der Waals surface area contributed by atoms with Crippen molar-refractivity contribution in [1.82, 2.24) is 0 Å². The third-order valence-electron chi connectivity index (χ3n) is 3.65. The van der Waals surface area contributed by atoms with Gasteiger partial charge in [-0.15, -0.1) is 0 Å². The fourth-order valence-electron chi connectivity index (χ4n) is 2.50. The summed E-state index contributed by atoms with van der Waals surface area (Å²) in [7, 11) is 0. The van der Waals surface area contributed by atoms with E-state index in [0.717, 1.165) is 12.8 Å². The minimum absolute atomic E-state index is 0. The Balaban J connectivity index is 0.000000845. The van der Waals surface area contributed by atoms with Crippen molar-refractivity contribution in [2.75, 3.05) is 0 Å². The third kappa shape index (κ3) is 1.73. The van der Waals surface area contributed by atoms with Crippen molar-refractivity contribution in [3.8, 4) is 0 Å². The first-order valence-corrected chi connectivity index (χ1v) is 4.74. The molecule has 0 amide bonds. The summed E-state index contributed by atoms with van der Waals surface area (Å²) in [6, 6.07) is 0. The summed E-state index contributed by atoms with van der Waals surface area (Å²) in [5, 5.41) is 10.1. The molecule has 2 aliphatic rings. The smallest absolute Gasteiger partial charge is 0.0655 e. The molecule has 2 bridgehead atoms. The van der Waals surface area contributed by atoms with Crippen molar-refractivity contribution in [3.63, 3.8) is 0 Å². The fourth-order valence-corrected chi connectivity index (χ4v) is 2.50. The molecular formula is C10H17O2W-. The van der Waals surface area contributed by atoms with E-state index in [2.05, 4.69) is 20.8 Å². The van der Waals surface area contributed by atoms with E-state index < -0.39 is 5.60 Å². The first-order valence-electron chi connectivity index (χ1n) is 4.74. The standard InChI is InChI=1S/C10H17O2.W/c1-6-4-10(11)5-9(7(6)2)12-8(10)3;/h6-9,11H,3-5H2,1-2H3;/q-1;. The molecular weight excluding hydrogens is 336 g/mol. The topological polar surface area (TPSA) is 29.5 Å². The molecule has 1 heterocycles. The largest absolute Gasteiger partial charge is 0.404 e. The zero-order valence-corrected chi connectivity index (χ0v) is 11.1. The Kier molecular flexibility index (Phi) is 3.27. The third-order valence-corrected chi connectivity index (χ3v) is 3.65. The van der Waals surface area contributed by atoms with Gasteiger partial charge in [-0.3, -0.25) is 0 Å². The normalized spacial score (nSPS) is 54.5. The second kappa shape index (κ2) is 3.64. The van der Waals surface area contributed by atoms with Gasteiger partial charge in [-0.1, -0.05) is 13.8 Å². The van der Waals surface area contributed by atoms with Gasteiger partial charge < -0.3 is 16.8 Å². The van der Waals surface area contributed by atoms with Crippen molar-refractivity contribution in [1.29, 1.82) is 0 Å². The molecule has 0 aromatic rings. The molecule has 5 atom stereocenters. The molecule has 0 aromatic carbocycles. The molecule has 2 nitrogen and oxygen atoms in total. The van der Waals surface area contributed by atoms with Crippen molar-refractivity contribution in [2.24, 2.45) is 11.8 Å². The molecule has 1 saturated heterocycles. The second-order valence-corrected chi connectivity index (χ2v) is 4.51. The van der Waals surface area contributed by atoms with Gasteiger partial charge in [0.05, 0.1) is 11.7 Å². The molecule has 1 aliphatic heterocycles. The molecule has 0 aromatic heterocycles. The Morgan fingerprint density at radius 1 is 1.38 bits per heavy atom. The monoisotopic (exact) mass is 353 g/mol. The van der Waals surface area contributed by atoms with Crippen LogP contribution in [0.25, 0.3) is 0 Å². The number of aliphatic hydroxyl groups is 1. The molecule has 5 unspecified atom stereocenters. The zero-order valence-electron chi connectivity index (χ0n) is 8.19. The van der Waals surface area contributed by atoms with Gasteiger partial charge >= 0.3 is 0 Å². The molecule has 0 spiro atoms. The average molecular weight is 353 g/mol. The summed E-state index contributed by atoms with van der Waals surface area (Å²) in [4.78, 5) is 0. The van der Waals surface area contributed by atoms with Gasteiger partial charge in [0.15, 0.2) is 0 Å². The van der Waals surface area contributed by atoms with Crippen molar-refractivity contribution < 1.29 is 30.9 Å². The quantitative estimate of drug-likeness (QED) is 0.667. The molecule has 1 N–H and O–H groups in total. The minimum Gasteiger partial charge on any atom is -0.404 e. The summed E-state index contributed by atoms with van der Waals surface area (Å²) in [6.07, 6.45) is 1.65. The summed E-state index contributed by atoms with van der Waals surface area (Å²) >= 11 is 0. The van der Waals surface area contributed by atoms with E-state index in [9.17, 15) is 5.11 Å². The van der Waals surface area contributed by atoms with Crippen LogP contribution in [0.5, 0.6) is 0 Å². The Morgan fingerprint density at radius 2 is 2.00 bits per heavy atom. The maximum atomic E-state index is 10.1. The molecule has 76 valence electrons. The molecule has 13 heavy (non-hydrogen) atoms. The van der Waals surface area contributed by atoms with E-state index in [1.54, 1.807) is 0 Å². The number of rotatable bonds is 0. The van der Waals surface area contributed by atoms with Gasteiger partial charge in [0.25, 0.3) is 0 Å². The van der Waals surface area contributed by atoms with E-state index in [1.165, 1.54) is 0 Å². The summed E-state index contributed by atoms with van der Waals surface area (Å²) < 4.78 is 5.61. The van der Waals surface area contributed by atoms with Crippen molar-refractivity contribution in [3.05, 3.63) is 6.92 Å². The van der Waals surface area contributed by atoms with Crippen LogP contribution in [0, 0.1) is 18.8 Å². The Bertz CT molecular complexity index is 197. The van der Waals surface area contributed by atoms with E-state index in [-0.39, 0.29) is 33.3 Å². The Hall–Kier alpha value is 0.608. The van der Waals surface area contributed by atoms with Crippen molar-refractivity contribution >= 4 is 0 Å². The predicted octanol–water partition coefficient (Wildman–Crippen LogP) is 1.38. The van der Waals surface area contributed by atoms with Gasteiger partial charge in [-0.2, -0.15) is 0 Å². The van der Waals surface area contributed by atoms with E-state index in [0.29, 0.717) is 11.8 Å². The van der Waals surface area contributed by atoms with Crippen LogP contribution in [0.15, 0.2) is 0 Å². The summed E-state index contributed by atoms with van der Waals surface area (Å²) in [5.41, 5.74) is -0.628. The van der Waals surface area contributed by atoms with Gasteiger partial charge in [0.1, 0.15) is 0 Å². The number of fused-ring (bicyclic) bond motifs is 2. The molecule has 1 aliphatic carbocycles. The first kappa shape index (κ1) is 11.7. The van der Waals surface area contributed by atoms with Crippen LogP contribution in [0.3, 0.4) is 0 Å². The summed E-state index contributed by atoms with van der Waals surface area (Å²) in [5.74, 6) is 1.12.